The number of ether oxygens (including phenoxy) is 1. The van der Waals surface area contributed by atoms with Gasteiger partial charge in [0.1, 0.15) is 11.5 Å². The summed E-state index contributed by atoms with van der Waals surface area (Å²) in [4.78, 5) is 28.5. The van der Waals surface area contributed by atoms with E-state index in [1.54, 1.807) is 31.4 Å². The van der Waals surface area contributed by atoms with Crippen LogP contribution in [0.3, 0.4) is 0 Å². The highest BCUT2D eigenvalue weighted by Crippen LogP contribution is 2.41. The van der Waals surface area contributed by atoms with Crippen molar-refractivity contribution in [2.75, 3.05) is 7.11 Å². The first-order chi connectivity index (χ1) is 15.0. The summed E-state index contributed by atoms with van der Waals surface area (Å²) in [5, 5.41) is 13.0. The number of carbonyl (C=O) groups is 2. The second kappa shape index (κ2) is 8.78. The van der Waals surface area contributed by atoms with Gasteiger partial charge in [-0.3, -0.25) is 9.59 Å². The van der Waals surface area contributed by atoms with Gasteiger partial charge in [-0.2, -0.15) is 0 Å². The van der Waals surface area contributed by atoms with Crippen molar-refractivity contribution in [1.29, 1.82) is 0 Å². The molecule has 1 amide bonds. The number of methoxy groups -OCH3 is 1. The predicted octanol–water partition coefficient (Wildman–Crippen LogP) is 4.94. The molecule has 0 saturated carbocycles. The topological polar surface area (TPSA) is 66.8 Å². The quantitative estimate of drug-likeness (QED) is 0.340. The van der Waals surface area contributed by atoms with Crippen molar-refractivity contribution in [2.24, 2.45) is 0 Å². The predicted molar refractivity (Wildman–Crippen MR) is 121 cm³/mol. The van der Waals surface area contributed by atoms with E-state index in [1.165, 1.54) is 16.2 Å². The molecule has 31 heavy (non-hydrogen) atoms. The molecule has 1 N–H and O–H groups in total. The fourth-order valence-corrected chi connectivity index (χ4v) is 4.50. The number of hydrogen-bond acceptors (Lipinski definition) is 5. The van der Waals surface area contributed by atoms with Gasteiger partial charge in [0.15, 0.2) is 0 Å². The molecule has 0 radical (unpaired) electrons. The van der Waals surface area contributed by atoms with Crippen molar-refractivity contribution in [2.45, 2.75) is 25.9 Å². The minimum Gasteiger partial charge on any atom is -0.507 e. The van der Waals surface area contributed by atoms with E-state index in [4.69, 9.17) is 4.74 Å². The molecule has 1 aliphatic rings. The molecule has 0 spiro atoms. The first-order valence-electron chi connectivity index (χ1n) is 10.1. The molecule has 1 fully saturated rings. The molecule has 2 aromatic carbocycles. The summed E-state index contributed by atoms with van der Waals surface area (Å²) in [6.45, 7) is 2.35. The lowest BCUT2D eigenvalue weighted by molar-refractivity contribution is -0.140. The maximum atomic E-state index is 13.1. The maximum Gasteiger partial charge on any atom is 0.295 e. The SMILES string of the molecule is CCc1ccc(/C(O)=C2/C(=O)C(=O)N(Cc3cccs3)C2c2ccc(OC)cc2)cc1. The van der Waals surface area contributed by atoms with Crippen LogP contribution in [-0.4, -0.2) is 28.8 Å². The number of amides is 1. The van der Waals surface area contributed by atoms with Crippen LogP contribution in [0.15, 0.2) is 71.6 Å². The van der Waals surface area contributed by atoms with E-state index in [0.717, 1.165) is 22.4 Å². The molecule has 1 aromatic heterocycles. The Bertz CT molecular complexity index is 1120. The first kappa shape index (κ1) is 20.9. The fourth-order valence-electron chi connectivity index (χ4n) is 3.80. The number of ketones is 1. The molecule has 0 aliphatic carbocycles. The lowest BCUT2D eigenvalue weighted by atomic mass is 9.95. The normalized spacial score (nSPS) is 17.9. The Morgan fingerprint density at radius 3 is 2.35 bits per heavy atom. The lowest BCUT2D eigenvalue weighted by Crippen LogP contribution is -2.28. The van der Waals surface area contributed by atoms with Gasteiger partial charge in [0.2, 0.25) is 0 Å². The first-order valence-corrected chi connectivity index (χ1v) is 11.0. The van der Waals surface area contributed by atoms with Crippen molar-refractivity contribution < 1.29 is 19.4 Å². The van der Waals surface area contributed by atoms with Gasteiger partial charge >= 0.3 is 0 Å². The number of carbonyl (C=O) groups excluding carboxylic acids is 2. The van der Waals surface area contributed by atoms with Crippen LogP contribution in [0.25, 0.3) is 5.76 Å². The van der Waals surface area contributed by atoms with E-state index >= 15 is 0 Å². The molecule has 1 unspecified atom stereocenters. The molecule has 1 atom stereocenters. The zero-order valence-electron chi connectivity index (χ0n) is 17.4. The van der Waals surface area contributed by atoms with Crippen molar-refractivity contribution >= 4 is 28.8 Å². The molecule has 1 saturated heterocycles. The highest BCUT2D eigenvalue weighted by molar-refractivity contribution is 7.09. The van der Waals surface area contributed by atoms with Crippen molar-refractivity contribution in [3.8, 4) is 5.75 Å². The van der Waals surface area contributed by atoms with Crippen LogP contribution in [0.1, 0.15) is 34.5 Å². The smallest absolute Gasteiger partial charge is 0.295 e. The molecule has 6 heteroatoms. The van der Waals surface area contributed by atoms with Gasteiger partial charge in [-0.1, -0.05) is 49.4 Å². The molecule has 0 bridgehead atoms. The third kappa shape index (κ3) is 3.99. The van der Waals surface area contributed by atoms with Gasteiger partial charge in [0, 0.05) is 10.4 Å². The number of aryl methyl sites for hydroxylation is 1. The number of hydrogen-bond donors (Lipinski definition) is 1. The van der Waals surface area contributed by atoms with Crippen LogP contribution in [0, 0.1) is 0 Å². The Morgan fingerprint density at radius 1 is 1.06 bits per heavy atom. The summed E-state index contributed by atoms with van der Waals surface area (Å²) < 4.78 is 5.24. The van der Waals surface area contributed by atoms with E-state index in [0.29, 0.717) is 17.9 Å². The Morgan fingerprint density at radius 2 is 1.77 bits per heavy atom. The van der Waals surface area contributed by atoms with Crippen LogP contribution >= 0.6 is 11.3 Å². The summed E-state index contributed by atoms with van der Waals surface area (Å²) in [6, 6.07) is 17.8. The Hall–Kier alpha value is -3.38. The number of rotatable bonds is 6. The van der Waals surface area contributed by atoms with Crippen LogP contribution in [0.2, 0.25) is 0 Å². The molecular formula is C25H23NO4S. The van der Waals surface area contributed by atoms with Crippen molar-refractivity contribution in [3.05, 3.63) is 93.2 Å². The monoisotopic (exact) mass is 433 g/mol. The summed E-state index contributed by atoms with van der Waals surface area (Å²) >= 11 is 1.52. The largest absolute Gasteiger partial charge is 0.507 e. The molecule has 1 aliphatic heterocycles. The second-order valence-electron chi connectivity index (χ2n) is 7.33. The van der Waals surface area contributed by atoms with Gasteiger partial charge in [-0.05, 0) is 41.1 Å². The van der Waals surface area contributed by atoms with E-state index in [1.807, 2.05) is 41.8 Å². The Balaban J connectivity index is 1.83. The summed E-state index contributed by atoms with van der Waals surface area (Å²) in [7, 11) is 1.58. The minimum atomic E-state index is -0.682. The highest BCUT2D eigenvalue weighted by Gasteiger charge is 2.46. The number of nitrogens with zero attached hydrogens (tertiary/aromatic N) is 1. The lowest BCUT2D eigenvalue weighted by Gasteiger charge is -2.25. The van der Waals surface area contributed by atoms with E-state index in [2.05, 4.69) is 6.92 Å². The standard InChI is InChI=1S/C25H23NO4S/c1-3-16-6-8-18(9-7-16)23(27)21-22(17-10-12-19(30-2)13-11-17)26(25(29)24(21)28)15-20-5-4-14-31-20/h4-14,22,27H,3,15H2,1-2H3/b23-21-. The Kier molecular flexibility index (Phi) is 5.91. The number of Topliss-reactive ketones (excluding diaryl/α,β-unsaturated/α-hetero) is 1. The van der Waals surface area contributed by atoms with E-state index < -0.39 is 17.7 Å². The molecule has 158 valence electrons. The molecule has 3 aromatic rings. The summed E-state index contributed by atoms with van der Waals surface area (Å²) in [5.74, 6) is -0.764. The van der Waals surface area contributed by atoms with Crippen LogP contribution in [0.5, 0.6) is 5.75 Å². The average Bonchev–Trinajstić information content (AvgIpc) is 3.41. The zero-order valence-corrected chi connectivity index (χ0v) is 18.2. The maximum absolute atomic E-state index is 13.1. The van der Waals surface area contributed by atoms with E-state index in [-0.39, 0.29) is 11.3 Å². The fraction of sp³-hybridized carbons (Fsp3) is 0.200. The summed E-state index contributed by atoms with van der Waals surface area (Å²) in [5.41, 5.74) is 2.49. The Labute approximate surface area is 185 Å². The molecule has 5 nitrogen and oxygen atoms in total. The van der Waals surface area contributed by atoms with Gasteiger partial charge < -0.3 is 14.7 Å². The van der Waals surface area contributed by atoms with Gasteiger partial charge in [0.05, 0.1) is 25.3 Å². The van der Waals surface area contributed by atoms with Crippen molar-refractivity contribution in [1.82, 2.24) is 4.90 Å². The van der Waals surface area contributed by atoms with Crippen LogP contribution in [-0.2, 0) is 22.6 Å². The third-order valence-electron chi connectivity index (χ3n) is 5.51. The van der Waals surface area contributed by atoms with Gasteiger partial charge in [-0.15, -0.1) is 11.3 Å². The van der Waals surface area contributed by atoms with Crippen molar-refractivity contribution in [3.63, 3.8) is 0 Å². The molecule has 4 rings (SSSR count). The molecule has 2 heterocycles. The van der Waals surface area contributed by atoms with Crippen LogP contribution in [0.4, 0.5) is 0 Å². The van der Waals surface area contributed by atoms with Crippen LogP contribution < -0.4 is 4.74 Å². The highest BCUT2D eigenvalue weighted by atomic mass is 32.1. The minimum absolute atomic E-state index is 0.107. The average molecular weight is 434 g/mol. The van der Waals surface area contributed by atoms with Gasteiger partial charge in [0.25, 0.3) is 11.7 Å². The van der Waals surface area contributed by atoms with Gasteiger partial charge in [-0.25, -0.2) is 0 Å². The molecular weight excluding hydrogens is 410 g/mol. The number of benzene rings is 2. The number of thiophene rings is 1. The zero-order chi connectivity index (χ0) is 22.0. The number of aliphatic hydroxyl groups excluding tert-OH is 1. The van der Waals surface area contributed by atoms with E-state index in [9.17, 15) is 14.7 Å². The third-order valence-corrected chi connectivity index (χ3v) is 6.37. The second-order valence-corrected chi connectivity index (χ2v) is 8.36. The number of likely N-dealkylation sites (tertiary alicyclic amines) is 1. The number of aliphatic hydroxyl groups is 1. The summed E-state index contributed by atoms with van der Waals surface area (Å²) in [6.07, 6.45) is 0.873.